The number of rotatable bonds is 6. The summed E-state index contributed by atoms with van der Waals surface area (Å²) in [6.45, 7) is -1.10. The molecule has 0 fully saturated rings. The molecule has 0 spiro atoms. The van der Waals surface area contributed by atoms with Crippen LogP contribution in [0, 0.1) is 6.92 Å². The van der Waals surface area contributed by atoms with Crippen LogP contribution >= 0.6 is 11.3 Å². The fraction of sp³-hybridized carbons (Fsp3) is 0.167. The van der Waals surface area contributed by atoms with E-state index in [0.717, 1.165) is 11.1 Å². The van der Waals surface area contributed by atoms with Gasteiger partial charge in [-0.15, -0.1) is 11.3 Å². The topological polar surface area (TPSA) is 63.6 Å². The van der Waals surface area contributed by atoms with E-state index >= 15 is 0 Å². The van der Waals surface area contributed by atoms with E-state index in [0.29, 0.717) is 16.0 Å². The Balaban J connectivity index is 1.79. The monoisotopic (exact) mass is 375 g/mol. The molecule has 2 aromatic carbocycles. The Bertz CT molecular complexity index is 957. The zero-order valence-corrected chi connectivity index (χ0v) is 14.6. The summed E-state index contributed by atoms with van der Waals surface area (Å²) in [5.41, 5.74) is 3.61. The second kappa shape index (κ2) is 8.01. The first-order chi connectivity index (χ1) is 12.5. The first-order valence-corrected chi connectivity index (χ1v) is 8.60. The third-order valence-corrected chi connectivity index (χ3v) is 4.47. The third kappa shape index (κ3) is 4.40. The lowest BCUT2D eigenvalue weighted by molar-refractivity contribution is -0.120. The van der Waals surface area contributed by atoms with Gasteiger partial charge in [0.25, 0.3) is 0 Å². The highest BCUT2D eigenvalue weighted by Crippen LogP contribution is 2.27. The summed E-state index contributed by atoms with van der Waals surface area (Å²) in [6, 6.07) is 10.4. The van der Waals surface area contributed by atoms with E-state index in [9.17, 15) is 13.6 Å². The van der Waals surface area contributed by atoms with Crippen LogP contribution in [0.5, 0.6) is 5.75 Å². The van der Waals surface area contributed by atoms with E-state index in [1.54, 1.807) is 18.2 Å². The maximum Gasteiger partial charge on any atom is 0.387 e. The van der Waals surface area contributed by atoms with E-state index in [4.69, 9.17) is 0 Å². The van der Waals surface area contributed by atoms with Crippen LogP contribution in [-0.2, 0) is 11.2 Å². The van der Waals surface area contributed by atoms with Crippen molar-refractivity contribution < 1.29 is 18.3 Å². The molecule has 0 saturated heterocycles. The van der Waals surface area contributed by atoms with Crippen LogP contribution in [0.1, 0.15) is 16.3 Å². The van der Waals surface area contributed by atoms with Gasteiger partial charge >= 0.3 is 6.61 Å². The minimum Gasteiger partial charge on any atom is -0.434 e. The Hall–Kier alpha value is -2.87. The third-order valence-electron chi connectivity index (χ3n) is 3.51. The van der Waals surface area contributed by atoms with E-state index < -0.39 is 6.61 Å². The number of alkyl halides is 2. The van der Waals surface area contributed by atoms with Crippen LogP contribution in [0.15, 0.2) is 46.9 Å². The molecule has 1 amide bonds. The number of carbonyl (C=O) groups is 1. The lowest BCUT2D eigenvalue weighted by Crippen LogP contribution is -2.19. The Morgan fingerprint density at radius 1 is 1.35 bits per heavy atom. The SMILES string of the molecule is Cc1csc(CC(=O)N/N=C\c2c(OC(F)F)ccc3ccccc23)n1. The van der Waals surface area contributed by atoms with Crippen molar-refractivity contribution in [3.05, 3.63) is 58.0 Å². The van der Waals surface area contributed by atoms with Crippen LogP contribution in [0.2, 0.25) is 0 Å². The van der Waals surface area contributed by atoms with E-state index in [2.05, 4.69) is 20.2 Å². The largest absolute Gasteiger partial charge is 0.434 e. The van der Waals surface area contributed by atoms with Gasteiger partial charge in [-0.1, -0.05) is 30.3 Å². The maximum absolute atomic E-state index is 12.7. The lowest BCUT2D eigenvalue weighted by atomic mass is 10.0. The number of aromatic nitrogens is 1. The molecule has 1 heterocycles. The van der Waals surface area contributed by atoms with Crippen LogP contribution in [-0.4, -0.2) is 23.7 Å². The van der Waals surface area contributed by atoms with Crippen molar-refractivity contribution in [2.45, 2.75) is 20.0 Å². The Morgan fingerprint density at radius 3 is 2.88 bits per heavy atom. The van der Waals surface area contributed by atoms with E-state index in [1.165, 1.54) is 23.6 Å². The molecule has 0 unspecified atom stereocenters. The lowest BCUT2D eigenvalue weighted by Gasteiger charge is -2.10. The normalized spacial score (nSPS) is 11.4. The summed E-state index contributed by atoms with van der Waals surface area (Å²) in [4.78, 5) is 16.1. The van der Waals surface area contributed by atoms with Crippen molar-refractivity contribution in [2.75, 3.05) is 0 Å². The number of benzene rings is 2. The molecule has 3 rings (SSSR count). The van der Waals surface area contributed by atoms with Gasteiger partial charge in [-0.2, -0.15) is 13.9 Å². The number of hydrogen-bond acceptors (Lipinski definition) is 5. The fourth-order valence-corrected chi connectivity index (χ4v) is 3.21. The molecule has 0 radical (unpaired) electrons. The number of hydrazone groups is 1. The summed E-state index contributed by atoms with van der Waals surface area (Å²) in [5.74, 6) is -0.348. The van der Waals surface area contributed by atoms with Gasteiger partial charge in [0.15, 0.2) is 0 Å². The van der Waals surface area contributed by atoms with Gasteiger partial charge in [-0.3, -0.25) is 4.79 Å². The molecule has 134 valence electrons. The number of halogens is 2. The van der Waals surface area contributed by atoms with Crippen molar-refractivity contribution in [1.82, 2.24) is 10.4 Å². The molecule has 26 heavy (non-hydrogen) atoms. The average Bonchev–Trinajstić information content (AvgIpc) is 3.00. The van der Waals surface area contributed by atoms with Crippen molar-refractivity contribution in [3.8, 4) is 5.75 Å². The number of thiazole rings is 1. The fourth-order valence-electron chi connectivity index (χ4n) is 2.44. The smallest absolute Gasteiger partial charge is 0.387 e. The van der Waals surface area contributed by atoms with Crippen LogP contribution in [0.4, 0.5) is 8.78 Å². The summed E-state index contributed by atoms with van der Waals surface area (Å²) in [7, 11) is 0. The number of carbonyl (C=O) groups excluding carboxylic acids is 1. The molecule has 1 aromatic heterocycles. The van der Waals surface area contributed by atoms with Gasteiger partial charge in [0.2, 0.25) is 5.91 Å². The van der Waals surface area contributed by atoms with Gasteiger partial charge in [0, 0.05) is 16.6 Å². The molecule has 0 aliphatic heterocycles. The molecule has 1 N–H and O–H groups in total. The van der Waals surface area contributed by atoms with Crippen molar-refractivity contribution in [3.63, 3.8) is 0 Å². The number of ether oxygens (including phenoxy) is 1. The maximum atomic E-state index is 12.7. The molecule has 0 aliphatic carbocycles. The van der Waals surface area contributed by atoms with E-state index in [-0.39, 0.29) is 18.1 Å². The number of nitrogens with one attached hydrogen (secondary N) is 1. The minimum absolute atomic E-state index is 0.00718. The van der Waals surface area contributed by atoms with E-state index in [1.807, 2.05) is 24.4 Å². The summed E-state index contributed by atoms with van der Waals surface area (Å²) in [5, 5.41) is 7.97. The Labute approximate surface area is 152 Å². The van der Waals surface area contributed by atoms with Crippen LogP contribution in [0.3, 0.4) is 0 Å². The quantitative estimate of drug-likeness (QED) is 0.525. The van der Waals surface area contributed by atoms with Crippen molar-refractivity contribution in [1.29, 1.82) is 0 Å². The van der Waals surface area contributed by atoms with Gasteiger partial charge in [0.05, 0.1) is 12.6 Å². The number of nitrogens with zero attached hydrogens (tertiary/aromatic N) is 2. The Kier molecular flexibility index (Phi) is 5.52. The molecular weight excluding hydrogens is 360 g/mol. The van der Waals surface area contributed by atoms with Crippen LogP contribution < -0.4 is 10.2 Å². The molecule has 3 aromatic rings. The number of aryl methyl sites for hydroxylation is 1. The number of hydrogen-bond donors (Lipinski definition) is 1. The summed E-state index contributed by atoms with van der Waals surface area (Å²) < 4.78 is 29.9. The predicted molar refractivity (Wildman–Crippen MR) is 96.9 cm³/mol. The second-order valence-electron chi connectivity index (χ2n) is 5.43. The summed E-state index contributed by atoms with van der Waals surface area (Å²) in [6.07, 6.45) is 1.41. The van der Waals surface area contributed by atoms with Crippen molar-refractivity contribution >= 4 is 34.2 Å². The van der Waals surface area contributed by atoms with Gasteiger partial charge in [-0.05, 0) is 23.8 Å². The highest BCUT2D eigenvalue weighted by Gasteiger charge is 2.12. The standard InChI is InChI=1S/C18H15F2N3O2S/c1-11-10-26-17(22-11)8-16(24)23-21-9-14-13-5-3-2-4-12(13)6-7-15(14)25-18(19)20/h2-7,9-10,18H,8H2,1H3,(H,23,24)/b21-9-. The Morgan fingerprint density at radius 2 is 2.15 bits per heavy atom. The summed E-state index contributed by atoms with van der Waals surface area (Å²) >= 11 is 1.39. The van der Waals surface area contributed by atoms with Gasteiger partial charge in [-0.25, -0.2) is 10.4 Å². The molecule has 0 bridgehead atoms. The highest BCUT2D eigenvalue weighted by molar-refractivity contribution is 7.09. The molecule has 8 heteroatoms. The highest BCUT2D eigenvalue weighted by atomic mass is 32.1. The number of amides is 1. The first kappa shape index (κ1) is 17.9. The molecule has 5 nitrogen and oxygen atoms in total. The number of fused-ring (bicyclic) bond motifs is 1. The second-order valence-corrected chi connectivity index (χ2v) is 6.37. The zero-order chi connectivity index (χ0) is 18.5. The van der Waals surface area contributed by atoms with Gasteiger partial charge < -0.3 is 4.74 Å². The first-order valence-electron chi connectivity index (χ1n) is 7.72. The molecule has 0 saturated carbocycles. The minimum atomic E-state index is -2.95. The van der Waals surface area contributed by atoms with Gasteiger partial charge in [0.1, 0.15) is 10.8 Å². The van der Waals surface area contributed by atoms with Crippen LogP contribution in [0.25, 0.3) is 10.8 Å². The average molecular weight is 375 g/mol. The molecule has 0 atom stereocenters. The molecule has 0 aliphatic rings. The van der Waals surface area contributed by atoms with Crippen molar-refractivity contribution in [2.24, 2.45) is 5.10 Å². The molecular formula is C18H15F2N3O2S. The zero-order valence-electron chi connectivity index (χ0n) is 13.8. The predicted octanol–water partition coefficient (Wildman–Crippen LogP) is 3.90.